The molecule has 0 bridgehead atoms. The van der Waals surface area contributed by atoms with Crippen LogP contribution in [-0.2, 0) is 11.3 Å². The number of ether oxygens (including phenoxy) is 1. The maximum atomic E-state index is 11.5. The highest BCUT2D eigenvalue weighted by molar-refractivity contribution is 6.01. The minimum atomic E-state index is -0.903. The maximum Gasteiger partial charge on any atom is 0.337 e. The Bertz CT molecular complexity index is 669. The van der Waals surface area contributed by atoms with Crippen LogP contribution in [0.1, 0.15) is 42.4 Å². The zero-order chi connectivity index (χ0) is 15.0. The van der Waals surface area contributed by atoms with Crippen molar-refractivity contribution in [1.82, 2.24) is 9.55 Å². The van der Waals surface area contributed by atoms with Crippen LogP contribution in [0.3, 0.4) is 0 Å². The first-order chi connectivity index (χ1) is 10.1. The summed E-state index contributed by atoms with van der Waals surface area (Å²) in [6.07, 6.45) is 1.02. The van der Waals surface area contributed by atoms with Gasteiger partial charge < -0.3 is 14.4 Å². The molecule has 0 saturated carbocycles. The number of carboxylic acids is 1. The van der Waals surface area contributed by atoms with Gasteiger partial charge in [0.15, 0.2) is 0 Å². The summed E-state index contributed by atoms with van der Waals surface area (Å²) in [5.74, 6) is 0.730. The third-order valence-electron chi connectivity index (χ3n) is 4.01. The predicted octanol–water partition coefficient (Wildman–Crippen LogP) is 2.89. The lowest BCUT2D eigenvalue weighted by Crippen LogP contribution is -2.15. The maximum absolute atomic E-state index is 11.5. The van der Waals surface area contributed by atoms with Crippen LogP contribution in [-0.4, -0.2) is 33.8 Å². The lowest BCUT2D eigenvalue weighted by Gasteiger charge is -2.15. The second-order valence-electron chi connectivity index (χ2n) is 5.94. The summed E-state index contributed by atoms with van der Waals surface area (Å²) in [6.45, 7) is 6.48. The van der Waals surface area contributed by atoms with Crippen molar-refractivity contribution in [3.05, 3.63) is 29.6 Å². The molecule has 1 saturated heterocycles. The number of rotatable bonds is 4. The number of fused-ring (bicyclic) bond motifs is 1. The Morgan fingerprint density at radius 3 is 2.95 bits per heavy atom. The van der Waals surface area contributed by atoms with E-state index in [1.807, 2.05) is 6.07 Å². The molecule has 5 nitrogen and oxygen atoms in total. The molecule has 0 aliphatic carbocycles. The zero-order valence-electron chi connectivity index (χ0n) is 12.4. The highest BCUT2D eigenvalue weighted by Gasteiger charge is 2.23. The monoisotopic (exact) mass is 288 g/mol. The van der Waals surface area contributed by atoms with Crippen molar-refractivity contribution in [1.29, 1.82) is 0 Å². The van der Waals surface area contributed by atoms with Gasteiger partial charge in [0.2, 0.25) is 0 Å². The Morgan fingerprint density at radius 1 is 1.52 bits per heavy atom. The Hall–Kier alpha value is -1.88. The summed E-state index contributed by atoms with van der Waals surface area (Å²) in [7, 11) is 0. The van der Waals surface area contributed by atoms with E-state index in [1.165, 1.54) is 0 Å². The zero-order valence-corrected chi connectivity index (χ0v) is 12.4. The van der Waals surface area contributed by atoms with E-state index in [-0.39, 0.29) is 5.92 Å². The van der Waals surface area contributed by atoms with Crippen molar-refractivity contribution in [3.63, 3.8) is 0 Å². The molecular weight excluding hydrogens is 268 g/mol. The molecule has 1 aliphatic rings. The number of imidazole rings is 1. The van der Waals surface area contributed by atoms with E-state index in [1.54, 1.807) is 12.1 Å². The third-order valence-corrected chi connectivity index (χ3v) is 4.01. The van der Waals surface area contributed by atoms with E-state index in [4.69, 9.17) is 4.74 Å². The molecule has 0 radical (unpaired) electrons. The Morgan fingerprint density at radius 2 is 2.33 bits per heavy atom. The van der Waals surface area contributed by atoms with Gasteiger partial charge in [-0.25, -0.2) is 9.78 Å². The van der Waals surface area contributed by atoms with Crippen molar-refractivity contribution >= 4 is 17.0 Å². The molecule has 3 rings (SSSR count). The molecule has 1 fully saturated rings. The number of hydrogen-bond donors (Lipinski definition) is 1. The molecule has 2 heterocycles. The summed E-state index contributed by atoms with van der Waals surface area (Å²) < 4.78 is 7.53. The van der Waals surface area contributed by atoms with Crippen LogP contribution in [0.15, 0.2) is 18.2 Å². The van der Waals surface area contributed by atoms with Gasteiger partial charge in [-0.15, -0.1) is 0 Å². The smallest absolute Gasteiger partial charge is 0.337 e. The fourth-order valence-electron chi connectivity index (χ4n) is 2.99. The normalized spacial score (nSPS) is 18.7. The van der Waals surface area contributed by atoms with E-state index in [9.17, 15) is 9.90 Å². The quantitative estimate of drug-likeness (QED) is 0.939. The molecule has 112 valence electrons. The van der Waals surface area contributed by atoms with E-state index in [0.29, 0.717) is 11.5 Å². The van der Waals surface area contributed by atoms with Gasteiger partial charge in [0.05, 0.1) is 23.2 Å². The lowest BCUT2D eigenvalue weighted by molar-refractivity contribution is 0.0698. The fraction of sp³-hybridized carbons (Fsp3) is 0.500. The van der Waals surface area contributed by atoms with Crippen molar-refractivity contribution in [3.8, 4) is 0 Å². The number of nitrogens with zero attached hydrogens (tertiary/aromatic N) is 2. The van der Waals surface area contributed by atoms with Crippen LogP contribution in [0.2, 0.25) is 0 Å². The molecular formula is C16H20N2O3. The van der Waals surface area contributed by atoms with Gasteiger partial charge in [0, 0.05) is 25.0 Å². The van der Waals surface area contributed by atoms with Crippen LogP contribution in [0.25, 0.3) is 11.0 Å². The van der Waals surface area contributed by atoms with Gasteiger partial charge in [-0.05, 0) is 18.6 Å². The van der Waals surface area contributed by atoms with Gasteiger partial charge >= 0.3 is 5.97 Å². The van der Waals surface area contributed by atoms with Gasteiger partial charge in [-0.2, -0.15) is 0 Å². The molecule has 0 amide bonds. The second kappa shape index (κ2) is 5.48. The van der Waals surface area contributed by atoms with Crippen molar-refractivity contribution < 1.29 is 14.6 Å². The molecule has 1 unspecified atom stereocenters. The molecule has 1 aromatic carbocycles. The first kappa shape index (κ1) is 14.1. The second-order valence-corrected chi connectivity index (χ2v) is 5.94. The van der Waals surface area contributed by atoms with Gasteiger partial charge in [0.25, 0.3) is 0 Å². The highest BCUT2D eigenvalue weighted by atomic mass is 16.5. The van der Waals surface area contributed by atoms with E-state index >= 15 is 0 Å². The summed E-state index contributed by atoms with van der Waals surface area (Å²) in [6, 6.07) is 5.29. The SMILES string of the molecule is CC(C)c1nc2cccc(C(=O)O)c2n1CC1CCOC1. The van der Waals surface area contributed by atoms with Gasteiger partial charge in [-0.1, -0.05) is 19.9 Å². The first-order valence-electron chi connectivity index (χ1n) is 7.38. The first-order valence-corrected chi connectivity index (χ1v) is 7.38. The van der Waals surface area contributed by atoms with E-state index in [2.05, 4.69) is 23.4 Å². The molecule has 5 heteroatoms. The number of aromatic nitrogens is 2. The molecule has 1 aliphatic heterocycles. The summed E-state index contributed by atoms with van der Waals surface area (Å²) in [5, 5.41) is 9.45. The molecule has 21 heavy (non-hydrogen) atoms. The average molecular weight is 288 g/mol. The third kappa shape index (κ3) is 2.53. The van der Waals surface area contributed by atoms with Crippen molar-refractivity contribution in [2.75, 3.05) is 13.2 Å². The lowest BCUT2D eigenvalue weighted by atomic mass is 10.1. The Kier molecular flexibility index (Phi) is 3.68. The minimum Gasteiger partial charge on any atom is -0.478 e. The minimum absolute atomic E-state index is 0.251. The number of aromatic carboxylic acids is 1. The van der Waals surface area contributed by atoms with Gasteiger partial charge in [-0.3, -0.25) is 0 Å². The number of carbonyl (C=O) groups is 1. The standard InChI is InChI=1S/C16H20N2O3/c1-10(2)15-17-13-5-3-4-12(16(19)20)14(13)18(15)8-11-6-7-21-9-11/h3-5,10-11H,6-9H2,1-2H3,(H,19,20). The number of hydrogen-bond acceptors (Lipinski definition) is 3. The van der Waals surface area contributed by atoms with E-state index in [0.717, 1.165) is 43.0 Å². The van der Waals surface area contributed by atoms with Crippen LogP contribution < -0.4 is 0 Å². The van der Waals surface area contributed by atoms with Crippen LogP contribution >= 0.6 is 0 Å². The predicted molar refractivity (Wildman–Crippen MR) is 79.7 cm³/mol. The Balaban J connectivity index is 2.16. The van der Waals surface area contributed by atoms with E-state index < -0.39 is 5.97 Å². The molecule has 2 aromatic rings. The van der Waals surface area contributed by atoms with Crippen molar-refractivity contribution in [2.24, 2.45) is 5.92 Å². The summed E-state index contributed by atoms with van der Waals surface area (Å²) in [5.41, 5.74) is 1.82. The largest absolute Gasteiger partial charge is 0.478 e. The molecule has 1 aromatic heterocycles. The summed E-state index contributed by atoms with van der Waals surface area (Å²) in [4.78, 5) is 16.2. The molecule has 0 spiro atoms. The van der Waals surface area contributed by atoms with Gasteiger partial charge in [0.1, 0.15) is 5.82 Å². The number of benzene rings is 1. The number of carboxylic acid groups (broad SMARTS) is 1. The average Bonchev–Trinajstić information content (AvgIpc) is 3.07. The molecule has 1 N–H and O–H groups in total. The fourth-order valence-corrected chi connectivity index (χ4v) is 2.99. The summed E-state index contributed by atoms with van der Waals surface area (Å²) >= 11 is 0. The van der Waals surface area contributed by atoms with Crippen LogP contribution in [0, 0.1) is 5.92 Å². The Labute approximate surface area is 123 Å². The topological polar surface area (TPSA) is 64.3 Å². The van der Waals surface area contributed by atoms with Crippen LogP contribution in [0.5, 0.6) is 0 Å². The van der Waals surface area contributed by atoms with Crippen molar-refractivity contribution in [2.45, 2.75) is 32.7 Å². The number of para-hydroxylation sites is 1. The molecule has 1 atom stereocenters. The van der Waals surface area contributed by atoms with Crippen LogP contribution in [0.4, 0.5) is 0 Å². The highest BCUT2D eigenvalue weighted by Crippen LogP contribution is 2.27.